The number of aromatic nitrogens is 4. The average Bonchev–Trinajstić information content (AvgIpc) is 3.62. The first-order valence-corrected chi connectivity index (χ1v) is 12.2. The number of hydrogen-bond acceptors (Lipinski definition) is 7. The van der Waals surface area contributed by atoms with Gasteiger partial charge in [-0.3, -0.25) is 10.1 Å². The Kier molecular flexibility index (Phi) is 5.87. The van der Waals surface area contributed by atoms with Crippen molar-refractivity contribution >= 4 is 28.7 Å². The van der Waals surface area contributed by atoms with E-state index in [0.29, 0.717) is 28.8 Å². The van der Waals surface area contributed by atoms with E-state index in [1.807, 2.05) is 29.2 Å². The number of nitrogens with zero attached hydrogens (tertiary/aromatic N) is 5. The largest absolute Gasteiger partial charge is 0.465 e. The lowest BCUT2D eigenvalue weighted by atomic mass is 10.1. The van der Waals surface area contributed by atoms with E-state index in [0.717, 1.165) is 36.0 Å². The number of likely N-dealkylation sites (tertiary alicyclic amines) is 1. The predicted octanol–water partition coefficient (Wildman–Crippen LogP) is 4.09. The number of piperidine rings is 1. The molecule has 192 valence electrons. The van der Waals surface area contributed by atoms with Gasteiger partial charge in [-0.2, -0.15) is 4.79 Å². The number of carbonyl (C=O) groups is 2. The quantitative estimate of drug-likeness (QED) is 0.316. The van der Waals surface area contributed by atoms with E-state index in [9.17, 15) is 9.59 Å². The van der Waals surface area contributed by atoms with E-state index in [1.165, 1.54) is 12.4 Å². The van der Waals surface area contributed by atoms with Crippen molar-refractivity contribution < 1.29 is 19.4 Å². The maximum Gasteiger partial charge on any atom is 0.409 e. The molecule has 2 aliphatic rings. The zero-order chi connectivity index (χ0) is 26.2. The summed E-state index contributed by atoms with van der Waals surface area (Å²) < 4.78 is 5.90. The molecular formula is C27H25N7O4. The molecule has 3 N–H and O–H groups in total. The van der Waals surface area contributed by atoms with Gasteiger partial charge in [-0.05, 0) is 61.2 Å². The molecule has 1 saturated carbocycles. The summed E-state index contributed by atoms with van der Waals surface area (Å²) in [5.74, 6) is 1.52. The van der Waals surface area contributed by atoms with Crippen LogP contribution in [-0.2, 0) is 4.79 Å². The second-order valence-electron chi connectivity index (χ2n) is 9.44. The summed E-state index contributed by atoms with van der Waals surface area (Å²) in [5.41, 5.74) is 6.14. The zero-order valence-corrected chi connectivity index (χ0v) is 20.3. The fourth-order valence-electron chi connectivity index (χ4n) is 5.43. The normalized spacial score (nSPS) is 19.9. The van der Waals surface area contributed by atoms with E-state index in [-0.39, 0.29) is 18.0 Å². The van der Waals surface area contributed by atoms with Gasteiger partial charge in [0.15, 0.2) is 5.65 Å². The first-order valence-electron chi connectivity index (χ1n) is 12.2. The van der Waals surface area contributed by atoms with Crippen LogP contribution in [0.5, 0.6) is 11.5 Å². The third-order valence-electron chi connectivity index (χ3n) is 7.02. The number of carboxylic acid groups (broad SMARTS) is 1. The van der Waals surface area contributed by atoms with Crippen LogP contribution in [0.4, 0.5) is 10.5 Å². The van der Waals surface area contributed by atoms with Crippen LogP contribution in [0.15, 0.2) is 73.7 Å². The molecule has 1 saturated heterocycles. The van der Waals surface area contributed by atoms with Gasteiger partial charge in [-0.15, -0.1) is 5.10 Å². The Balaban J connectivity index is 1.23. The molecule has 2 fully saturated rings. The lowest BCUT2D eigenvalue weighted by molar-refractivity contribution is -0.127. The number of hydrogen-bond donors (Lipinski definition) is 3. The number of nitrogens with one attached hydrogen (secondary N) is 2. The summed E-state index contributed by atoms with van der Waals surface area (Å²) in [6.07, 6.45) is 5.40. The van der Waals surface area contributed by atoms with E-state index < -0.39 is 6.09 Å². The molecule has 2 aromatic heterocycles. The number of rotatable bonds is 7. The molecule has 6 rings (SSSR count). The van der Waals surface area contributed by atoms with E-state index >= 15 is 0 Å². The van der Waals surface area contributed by atoms with Gasteiger partial charge in [0.05, 0.1) is 17.5 Å². The molecule has 3 heterocycles. The molecule has 38 heavy (non-hydrogen) atoms. The molecule has 2 amide bonds. The van der Waals surface area contributed by atoms with Crippen molar-refractivity contribution in [1.29, 1.82) is 0 Å². The summed E-state index contributed by atoms with van der Waals surface area (Å²) in [5, 5.41) is 16.9. The summed E-state index contributed by atoms with van der Waals surface area (Å²) >= 11 is 0. The molecular weight excluding hydrogens is 486 g/mol. The van der Waals surface area contributed by atoms with Gasteiger partial charge in [0.1, 0.15) is 23.5 Å². The molecule has 11 nitrogen and oxygen atoms in total. The van der Waals surface area contributed by atoms with Gasteiger partial charge < -0.3 is 20.2 Å². The zero-order valence-electron chi connectivity index (χ0n) is 20.3. The van der Waals surface area contributed by atoms with E-state index in [4.69, 9.17) is 14.9 Å². The van der Waals surface area contributed by atoms with Crippen molar-refractivity contribution in [3.05, 3.63) is 73.7 Å². The molecule has 2 aromatic carbocycles. The van der Waals surface area contributed by atoms with Crippen molar-refractivity contribution in [2.75, 3.05) is 17.3 Å². The third kappa shape index (κ3) is 4.38. The van der Waals surface area contributed by atoms with Gasteiger partial charge in [0.2, 0.25) is 5.91 Å². The molecule has 11 heteroatoms. The molecule has 4 aromatic rings. The SMILES string of the molecule is C=CC(=O)N1CC2CC(Nn3nc(-c4ccc(Oc5cccc(NC(=O)O)c5)cc4)c4cncnc43)C1C2. The van der Waals surface area contributed by atoms with E-state index in [2.05, 4.69) is 27.3 Å². The highest BCUT2D eigenvalue weighted by Gasteiger charge is 2.46. The minimum Gasteiger partial charge on any atom is -0.465 e. The smallest absolute Gasteiger partial charge is 0.409 e. The van der Waals surface area contributed by atoms with Crippen LogP contribution in [-0.4, -0.2) is 60.5 Å². The Labute approximate surface area is 217 Å². The highest BCUT2D eigenvalue weighted by Crippen LogP contribution is 2.39. The topological polar surface area (TPSA) is 134 Å². The van der Waals surface area contributed by atoms with Crippen LogP contribution in [0.2, 0.25) is 0 Å². The number of amides is 2. The number of ether oxygens (including phenoxy) is 1. The monoisotopic (exact) mass is 511 g/mol. The fourth-order valence-corrected chi connectivity index (χ4v) is 5.43. The molecule has 1 aliphatic carbocycles. The van der Waals surface area contributed by atoms with Crippen LogP contribution < -0.4 is 15.5 Å². The van der Waals surface area contributed by atoms with Crippen molar-refractivity contribution in [1.82, 2.24) is 24.8 Å². The van der Waals surface area contributed by atoms with Crippen LogP contribution >= 0.6 is 0 Å². The Morgan fingerprint density at radius 2 is 1.97 bits per heavy atom. The van der Waals surface area contributed by atoms with Gasteiger partial charge in [-0.1, -0.05) is 12.6 Å². The van der Waals surface area contributed by atoms with Gasteiger partial charge >= 0.3 is 6.09 Å². The molecule has 3 atom stereocenters. The predicted molar refractivity (Wildman–Crippen MR) is 140 cm³/mol. The first-order chi connectivity index (χ1) is 18.5. The second kappa shape index (κ2) is 9.51. The number of benzene rings is 2. The Morgan fingerprint density at radius 3 is 2.74 bits per heavy atom. The van der Waals surface area contributed by atoms with Crippen molar-refractivity contribution in [3.8, 4) is 22.8 Å². The minimum atomic E-state index is -1.14. The maximum atomic E-state index is 12.3. The second-order valence-corrected chi connectivity index (χ2v) is 9.44. The minimum absolute atomic E-state index is 0.0375. The van der Waals surface area contributed by atoms with Crippen LogP contribution in [0.25, 0.3) is 22.3 Å². The lowest BCUT2D eigenvalue weighted by Crippen LogP contribution is -2.49. The van der Waals surface area contributed by atoms with Crippen molar-refractivity contribution in [2.24, 2.45) is 5.92 Å². The average molecular weight is 512 g/mol. The van der Waals surface area contributed by atoms with Gasteiger partial charge in [0, 0.05) is 30.1 Å². The van der Waals surface area contributed by atoms with Crippen LogP contribution in [0.1, 0.15) is 12.8 Å². The standard InChI is InChI=1S/C27H25N7O4/c1-2-24(35)33-14-16-10-22(23(33)11-16)31-34-26-21(13-28-15-29-26)25(32-34)17-6-8-19(9-7-17)38-20-5-3-4-18(12-20)30-27(36)37/h2-9,12-13,15-16,22-23,30-31H,1,10-11,14H2,(H,36,37). The van der Waals surface area contributed by atoms with E-state index in [1.54, 1.807) is 35.3 Å². The summed E-state index contributed by atoms with van der Waals surface area (Å²) in [7, 11) is 0. The molecule has 3 unspecified atom stereocenters. The molecule has 1 aliphatic heterocycles. The fraction of sp³-hybridized carbons (Fsp3) is 0.222. The van der Waals surface area contributed by atoms with Crippen LogP contribution in [0.3, 0.4) is 0 Å². The van der Waals surface area contributed by atoms with Gasteiger partial charge in [0.25, 0.3) is 0 Å². The molecule has 0 radical (unpaired) electrons. The van der Waals surface area contributed by atoms with Crippen molar-refractivity contribution in [3.63, 3.8) is 0 Å². The first kappa shape index (κ1) is 23.5. The van der Waals surface area contributed by atoms with Crippen molar-refractivity contribution in [2.45, 2.75) is 24.9 Å². The Bertz CT molecular complexity index is 1530. The maximum absolute atomic E-state index is 12.3. The summed E-state index contributed by atoms with van der Waals surface area (Å²) in [6.45, 7) is 4.41. The number of fused-ring (bicyclic) bond motifs is 3. The molecule has 2 bridgehead atoms. The summed E-state index contributed by atoms with van der Waals surface area (Å²) in [4.78, 5) is 35.5. The Morgan fingerprint density at radius 1 is 1.13 bits per heavy atom. The highest BCUT2D eigenvalue weighted by molar-refractivity contribution is 5.91. The number of carbonyl (C=O) groups excluding carboxylic acids is 1. The van der Waals surface area contributed by atoms with Gasteiger partial charge in [-0.25, -0.2) is 14.8 Å². The summed E-state index contributed by atoms with van der Waals surface area (Å²) in [6, 6.07) is 14.3. The highest BCUT2D eigenvalue weighted by atomic mass is 16.5. The Hall–Kier alpha value is -4.93. The lowest BCUT2D eigenvalue weighted by Gasteiger charge is -2.33. The van der Waals surface area contributed by atoms with Crippen LogP contribution in [0, 0.1) is 5.92 Å². The molecule has 0 spiro atoms. The third-order valence-corrected chi connectivity index (χ3v) is 7.02. The number of anilines is 1.